The van der Waals surface area contributed by atoms with Crippen LogP contribution in [0.3, 0.4) is 0 Å². The molecule has 0 aromatic heterocycles. The Morgan fingerprint density at radius 1 is 1.30 bits per heavy atom. The third kappa shape index (κ3) is 6.24. The van der Waals surface area contributed by atoms with Gasteiger partial charge in [0.25, 0.3) is 0 Å². The summed E-state index contributed by atoms with van der Waals surface area (Å²) >= 11 is 0. The minimum absolute atomic E-state index is 0. The van der Waals surface area contributed by atoms with Crippen molar-refractivity contribution in [3.05, 3.63) is 40.5 Å². The van der Waals surface area contributed by atoms with Gasteiger partial charge in [-0.25, -0.2) is 0 Å². The highest BCUT2D eigenvalue weighted by Gasteiger charge is 2.08. The van der Waals surface area contributed by atoms with Gasteiger partial charge in [0.1, 0.15) is 5.75 Å². The fourth-order valence-electron chi connectivity index (χ4n) is 2.54. The van der Waals surface area contributed by atoms with E-state index in [-0.39, 0.29) is 18.3 Å². The van der Waals surface area contributed by atoms with Crippen LogP contribution in [0, 0.1) is 20.8 Å². The number of aryl methyl sites for hydroxylation is 2. The Morgan fingerprint density at radius 3 is 2.78 bits per heavy atom. The largest absolute Gasteiger partial charge is 0.493 e. The van der Waals surface area contributed by atoms with Crippen molar-refractivity contribution in [1.29, 1.82) is 0 Å². The van der Waals surface area contributed by atoms with Crippen molar-refractivity contribution in [2.24, 2.45) is 0 Å². The van der Waals surface area contributed by atoms with Gasteiger partial charge in [-0.1, -0.05) is 17.7 Å². The van der Waals surface area contributed by atoms with Crippen LogP contribution in [0.25, 0.3) is 0 Å². The quantitative estimate of drug-likeness (QED) is 0.784. The highest BCUT2D eigenvalue weighted by atomic mass is 35.5. The fraction of sp³-hybridized carbons (Fsp3) is 0.500. The number of hydrogen-bond acceptors (Lipinski definition) is 3. The molecule has 1 amide bonds. The second-order valence-electron chi connectivity index (χ2n) is 5.90. The normalized spacial score (nSPS) is 13.8. The molecule has 1 aliphatic heterocycles. The third-order valence-corrected chi connectivity index (χ3v) is 4.02. The topological polar surface area (TPSA) is 50.4 Å². The van der Waals surface area contributed by atoms with E-state index in [2.05, 4.69) is 36.6 Å². The number of nitrogens with one attached hydrogen (secondary N) is 2. The number of carbonyl (C=O) groups is 1. The van der Waals surface area contributed by atoms with Gasteiger partial charge in [-0.2, -0.15) is 0 Å². The van der Waals surface area contributed by atoms with E-state index in [9.17, 15) is 4.79 Å². The third-order valence-electron chi connectivity index (χ3n) is 4.02. The van der Waals surface area contributed by atoms with Gasteiger partial charge in [0.15, 0.2) is 0 Å². The Balaban J connectivity index is 0.00000264. The number of benzene rings is 1. The van der Waals surface area contributed by atoms with Crippen LogP contribution in [0.15, 0.2) is 23.8 Å². The minimum atomic E-state index is 0. The molecule has 5 heteroatoms. The van der Waals surface area contributed by atoms with Crippen molar-refractivity contribution in [1.82, 2.24) is 10.6 Å². The summed E-state index contributed by atoms with van der Waals surface area (Å²) in [7, 11) is 0. The van der Waals surface area contributed by atoms with E-state index in [4.69, 9.17) is 4.74 Å². The first-order chi connectivity index (χ1) is 10.6. The summed E-state index contributed by atoms with van der Waals surface area (Å²) in [5.41, 5.74) is 4.85. The second kappa shape index (κ2) is 9.58. The highest BCUT2D eigenvalue weighted by molar-refractivity contribution is 5.85. The van der Waals surface area contributed by atoms with Gasteiger partial charge in [-0.3, -0.25) is 4.79 Å². The molecule has 0 bridgehead atoms. The summed E-state index contributed by atoms with van der Waals surface area (Å²) in [5.74, 6) is 0.924. The van der Waals surface area contributed by atoms with Crippen LogP contribution in [0.1, 0.15) is 29.5 Å². The zero-order valence-corrected chi connectivity index (χ0v) is 15.0. The van der Waals surface area contributed by atoms with Gasteiger partial charge in [0.05, 0.1) is 13.0 Å². The molecule has 0 atom stereocenters. The first-order valence-corrected chi connectivity index (χ1v) is 7.92. The van der Waals surface area contributed by atoms with E-state index in [0.717, 1.165) is 30.8 Å². The molecule has 0 aliphatic carbocycles. The van der Waals surface area contributed by atoms with Crippen LogP contribution in [0.5, 0.6) is 5.75 Å². The second-order valence-corrected chi connectivity index (χ2v) is 5.90. The van der Waals surface area contributed by atoms with E-state index in [1.807, 2.05) is 13.0 Å². The zero-order valence-electron chi connectivity index (χ0n) is 14.2. The zero-order chi connectivity index (χ0) is 15.9. The molecule has 0 saturated carbocycles. The van der Waals surface area contributed by atoms with Gasteiger partial charge in [-0.05, 0) is 56.5 Å². The van der Waals surface area contributed by atoms with Crippen molar-refractivity contribution >= 4 is 18.3 Å². The lowest BCUT2D eigenvalue weighted by molar-refractivity contribution is -0.121. The van der Waals surface area contributed by atoms with E-state index in [1.54, 1.807) is 0 Å². The first kappa shape index (κ1) is 19.5. The van der Waals surface area contributed by atoms with Crippen LogP contribution in [-0.2, 0) is 4.79 Å². The summed E-state index contributed by atoms with van der Waals surface area (Å²) in [6.45, 7) is 9.15. The van der Waals surface area contributed by atoms with Crippen LogP contribution in [-0.4, -0.2) is 32.1 Å². The Labute approximate surface area is 145 Å². The Morgan fingerprint density at radius 2 is 2.09 bits per heavy atom. The van der Waals surface area contributed by atoms with Crippen molar-refractivity contribution in [2.75, 3.05) is 26.2 Å². The van der Waals surface area contributed by atoms with Crippen molar-refractivity contribution < 1.29 is 9.53 Å². The molecule has 2 N–H and O–H groups in total. The number of ether oxygens (including phenoxy) is 1. The smallest absolute Gasteiger partial charge is 0.223 e. The Hall–Kier alpha value is -1.52. The van der Waals surface area contributed by atoms with Gasteiger partial charge in [0.2, 0.25) is 5.91 Å². The predicted molar refractivity (Wildman–Crippen MR) is 96.6 cm³/mol. The predicted octanol–water partition coefficient (Wildman–Crippen LogP) is 2.84. The lowest BCUT2D eigenvalue weighted by Gasteiger charge is -2.15. The van der Waals surface area contributed by atoms with Crippen LogP contribution in [0.4, 0.5) is 0 Å². The van der Waals surface area contributed by atoms with Crippen molar-refractivity contribution in [2.45, 2.75) is 33.6 Å². The average Bonchev–Trinajstić information content (AvgIpc) is 2.51. The van der Waals surface area contributed by atoms with Gasteiger partial charge in [0, 0.05) is 13.1 Å². The molecule has 23 heavy (non-hydrogen) atoms. The lowest BCUT2D eigenvalue weighted by atomic mass is 10.1. The molecule has 2 rings (SSSR count). The van der Waals surface area contributed by atoms with E-state index in [0.29, 0.717) is 19.6 Å². The maximum absolute atomic E-state index is 11.9. The fourth-order valence-corrected chi connectivity index (χ4v) is 2.54. The van der Waals surface area contributed by atoms with Crippen LogP contribution in [0.2, 0.25) is 0 Å². The Kier molecular flexibility index (Phi) is 8.13. The summed E-state index contributed by atoms with van der Waals surface area (Å²) in [6.07, 6.45) is 3.55. The van der Waals surface area contributed by atoms with Crippen molar-refractivity contribution in [3.8, 4) is 5.75 Å². The number of rotatable bonds is 6. The SMILES string of the molecule is Cc1cc(C)c(C)c(OCCC(=O)NCC2=CCNCC2)c1.Cl. The number of carbonyl (C=O) groups excluding carboxylic acids is 1. The number of halogens is 1. The molecule has 1 aromatic rings. The van der Waals surface area contributed by atoms with Crippen LogP contribution >= 0.6 is 12.4 Å². The molecular formula is C18H27ClN2O2. The van der Waals surface area contributed by atoms with Crippen LogP contribution < -0.4 is 15.4 Å². The molecule has 0 radical (unpaired) electrons. The van der Waals surface area contributed by atoms with E-state index >= 15 is 0 Å². The van der Waals surface area contributed by atoms with E-state index < -0.39 is 0 Å². The molecule has 0 fully saturated rings. The maximum Gasteiger partial charge on any atom is 0.223 e. The van der Waals surface area contributed by atoms with E-state index in [1.165, 1.54) is 16.7 Å². The standard InChI is InChI=1S/C18H26N2O2.ClH/c1-13-10-14(2)15(3)17(11-13)22-9-6-18(21)20-12-16-4-7-19-8-5-16;/h4,10-11,19H,5-9,12H2,1-3H3,(H,20,21);1H. The highest BCUT2D eigenvalue weighted by Crippen LogP contribution is 2.23. The molecule has 0 saturated heterocycles. The molecule has 0 spiro atoms. The summed E-state index contributed by atoms with van der Waals surface area (Å²) in [5, 5.41) is 6.22. The average molecular weight is 339 g/mol. The molecule has 1 aromatic carbocycles. The van der Waals surface area contributed by atoms with Gasteiger partial charge < -0.3 is 15.4 Å². The molecule has 0 unspecified atom stereocenters. The first-order valence-electron chi connectivity index (χ1n) is 7.92. The maximum atomic E-state index is 11.9. The van der Waals surface area contributed by atoms with Gasteiger partial charge >= 0.3 is 0 Å². The molecule has 128 valence electrons. The molecule has 1 heterocycles. The van der Waals surface area contributed by atoms with Gasteiger partial charge in [-0.15, -0.1) is 12.4 Å². The lowest BCUT2D eigenvalue weighted by Crippen LogP contribution is -2.30. The number of hydrogen-bond donors (Lipinski definition) is 2. The molecular weight excluding hydrogens is 312 g/mol. The van der Waals surface area contributed by atoms with Crippen molar-refractivity contribution in [3.63, 3.8) is 0 Å². The summed E-state index contributed by atoms with van der Waals surface area (Å²) in [4.78, 5) is 11.9. The number of amides is 1. The summed E-state index contributed by atoms with van der Waals surface area (Å²) in [6, 6.07) is 4.17. The molecule has 4 nitrogen and oxygen atoms in total. The minimum Gasteiger partial charge on any atom is -0.493 e. The Bertz CT molecular complexity index is 570. The molecule has 1 aliphatic rings. The summed E-state index contributed by atoms with van der Waals surface area (Å²) < 4.78 is 5.78. The monoisotopic (exact) mass is 338 g/mol.